The van der Waals surface area contributed by atoms with Gasteiger partial charge in [0.15, 0.2) is 0 Å². The standard InChI is InChI=1S/C18H25N5O3/c1-2-25-18(24)15-14-16(19-12-20-17(14)26-21-15)23-10-6-13(7-11-23)22-8-4-3-5-9-22/h12-13H,2-11H2,1H3. The van der Waals surface area contributed by atoms with E-state index in [1.165, 1.54) is 38.7 Å². The van der Waals surface area contributed by atoms with Crippen LogP contribution in [-0.4, -0.2) is 64.8 Å². The second-order valence-corrected chi connectivity index (χ2v) is 6.94. The normalized spacial score (nSPS) is 19.8. The molecule has 2 aliphatic heterocycles. The SMILES string of the molecule is CCOC(=O)c1noc2ncnc(N3CCC(N4CCCCC4)CC3)c12. The third kappa shape index (κ3) is 3.25. The molecule has 2 aromatic heterocycles. The summed E-state index contributed by atoms with van der Waals surface area (Å²) in [4.78, 5) is 25.6. The molecule has 140 valence electrons. The lowest BCUT2D eigenvalue weighted by molar-refractivity contribution is 0.0517. The van der Waals surface area contributed by atoms with Crippen LogP contribution >= 0.6 is 0 Å². The summed E-state index contributed by atoms with van der Waals surface area (Å²) in [5.74, 6) is 0.224. The number of carbonyl (C=O) groups is 1. The third-order valence-corrected chi connectivity index (χ3v) is 5.39. The Morgan fingerprint density at radius 2 is 1.96 bits per heavy atom. The van der Waals surface area contributed by atoms with Crippen LogP contribution in [0.25, 0.3) is 11.1 Å². The molecule has 0 aliphatic carbocycles. The van der Waals surface area contributed by atoms with Crippen LogP contribution in [0.2, 0.25) is 0 Å². The van der Waals surface area contributed by atoms with E-state index >= 15 is 0 Å². The number of anilines is 1. The van der Waals surface area contributed by atoms with Gasteiger partial charge in [0, 0.05) is 19.1 Å². The van der Waals surface area contributed by atoms with Gasteiger partial charge in [-0.3, -0.25) is 0 Å². The third-order valence-electron chi connectivity index (χ3n) is 5.39. The smallest absolute Gasteiger partial charge is 0.361 e. The minimum Gasteiger partial charge on any atom is -0.461 e. The zero-order chi connectivity index (χ0) is 17.9. The number of carbonyl (C=O) groups excluding carboxylic acids is 1. The number of piperidine rings is 2. The van der Waals surface area contributed by atoms with Crippen LogP contribution < -0.4 is 4.90 Å². The van der Waals surface area contributed by atoms with E-state index in [0.29, 0.717) is 17.1 Å². The number of nitrogens with zero attached hydrogens (tertiary/aromatic N) is 5. The van der Waals surface area contributed by atoms with Gasteiger partial charge in [0.2, 0.25) is 5.69 Å². The van der Waals surface area contributed by atoms with Crippen molar-refractivity contribution in [1.82, 2.24) is 20.0 Å². The molecule has 4 heterocycles. The van der Waals surface area contributed by atoms with Gasteiger partial charge in [-0.15, -0.1) is 0 Å². The van der Waals surface area contributed by atoms with E-state index in [1.807, 2.05) is 0 Å². The zero-order valence-electron chi connectivity index (χ0n) is 15.2. The number of rotatable bonds is 4. The van der Waals surface area contributed by atoms with Crippen molar-refractivity contribution in [3.05, 3.63) is 12.0 Å². The highest BCUT2D eigenvalue weighted by atomic mass is 16.5. The van der Waals surface area contributed by atoms with E-state index in [9.17, 15) is 4.79 Å². The number of aromatic nitrogens is 3. The molecule has 0 saturated carbocycles. The van der Waals surface area contributed by atoms with Crippen molar-refractivity contribution < 1.29 is 14.1 Å². The quantitative estimate of drug-likeness (QED) is 0.769. The number of esters is 1. The molecule has 8 nitrogen and oxygen atoms in total. The Morgan fingerprint density at radius 1 is 1.19 bits per heavy atom. The molecular weight excluding hydrogens is 334 g/mol. The Labute approximate surface area is 152 Å². The minimum absolute atomic E-state index is 0.163. The summed E-state index contributed by atoms with van der Waals surface area (Å²) in [6.07, 6.45) is 7.66. The fourth-order valence-electron chi connectivity index (χ4n) is 4.08. The number of hydrogen-bond donors (Lipinski definition) is 0. The Balaban J connectivity index is 1.54. The molecule has 2 saturated heterocycles. The van der Waals surface area contributed by atoms with Crippen molar-refractivity contribution in [2.45, 2.75) is 45.1 Å². The highest BCUT2D eigenvalue weighted by Crippen LogP contribution is 2.30. The molecule has 0 unspecified atom stereocenters. The summed E-state index contributed by atoms with van der Waals surface area (Å²) < 4.78 is 10.3. The summed E-state index contributed by atoms with van der Waals surface area (Å²) >= 11 is 0. The first-order valence-corrected chi connectivity index (χ1v) is 9.54. The van der Waals surface area contributed by atoms with Gasteiger partial charge in [0.05, 0.1) is 6.61 Å². The molecular formula is C18H25N5O3. The summed E-state index contributed by atoms with van der Waals surface area (Å²) in [6, 6.07) is 0.649. The maximum Gasteiger partial charge on any atom is 0.361 e. The predicted octanol–water partition coefficient (Wildman–Crippen LogP) is 2.25. The highest BCUT2D eigenvalue weighted by molar-refractivity contribution is 6.04. The first-order chi connectivity index (χ1) is 12.8. The summed E-state index contributed by atoms with van der Waals surface area (Å²) in [5.41, 5.74) is 0.492. The van der Waals surface area contributed by atoms with E-state index in [4.69, 9.17) is 9.26 Å². The molecule has 0 bridgehead atoms. The van der Waals surface area contributed by atoms with Crippen LogP contribution in [0.5, 0.6) is 0 Å². The molecule has 26 heavy (non-hydrogen) atoms. The Morgan fingerprint density at radius 3 is 2.69 bits per heavy atom. The Bertz CT molecular complexity index is 763. The van der Waals surface area contributed by atoms with Crippen LogP contribution in [0.3, 0.4) is 0 Å². The van der Waals surface area contributed by atoms with Gasteiger partial charge in [0.25, 0.3) is 5.71 Å². The lowest BCUT2D eigenvalue weighted by Gasteiger charge is -2.40. The molecule has 0 amide bonds. The van der Waals surface area contributed by atoms with Gasteiger partial charge >= 0.3 is 5.97 Å². The lowest BCUT2D eigenvalue weighted by atomic mass is 9.99. The van der Waals surface area contributed by atoms with Gasteiger partial charge in [-0.05, 0) is 45.7 Å². The van der Waals surface area contributed by atoms with Gasteiger partial charge in [-0.25, -0.2) is 9.78 Å². The zero-order valence-corrected chi connectivity index (χ0v) is 15.2. The van der Waals surface area contributed by atoms with E-state index < -0.39 is 5.97 Å². The lowest BCUT2D eigenvalue weighted by Crippen LogP contribution is -2.47. The van der Waals surface area contributed by atoms with Crippen LogP contribution in [0.15, 0.2) is 10.9 Å². The van der Waals surface area contributed by atoms with Crippen molar-refractivity contribution in [2.24, 2.45) is 0 Å². The molecule has 0 atom stereocenters. The fraction of sp³-hybridized carbons (Fsp3) is 0.667. The number of likely N-dealkylation sites (tertiary alicyclic amines) is 1. The first kappa shape index (κ1) is 17.2. The molecule has 2 aromatic rings. The van der Waals surface area contributed by atoms with Crippen molar-refractivity contribution in [3.63, 3.8) is 0 Å². The molecule has 2 aliphatic rings. The van der Waals surface area contributed by atoms with Gasteiger partial charge in [-0.2, -0.15) is 4.98 Å². The second kappa shape index (κ2) is 7.57. The van der Waals surface area contributed by atoms with Crippen molar-refractivity contribution in [2.75, 3.05) is 37.7 Å². The average Bonchev–Trinajstić information content (AvgIpc) is 3.13. The molecule has 0 N–H and O–H groups in total. The topological polar surface area (TPSA) is 84.6 Å². The highest BCUT2D eigenvalue weighted by Gasteiger charge is 2.29. The van der Waals surface area contributed by atoms with Crippen LogP contribution in [0.4, 0.5) is 5.82 Å². The molecule has 2 fully saturated rings. The van der Waals surface area contributed by atoms with Crippen molar-refractivity contribution in [3.8, 4) is 0 Å². The maximum atomic E-state index is 12.2. The molecule has 0 aromatic carbocycles. The van der Waals surface area contributed by atoms with Crippen molar-refractivity contribution >= 4 is 22.9 Å². The Kier molecular flexibility index (Phi) is 5.01. The molecule has 4 rings (SSSR count). The van der Waals surface area contributed by atoms with Crippen LogP contribution in [0.1, 0.15) is 49.5 Å². The second-order valence-electron chi connectivity index (χ2n) is 6.94. The molecule has 0 radical (unpaired) electrons. The maximum absolute atomic E-state index is 12.2. The van der Waals surface area contributed by atoms with Crippen LogP contribution in [-0.2, 0) is 4.74 Å². The summed E-state index contributed by atoms with van der Waals surface area (Å²) in [6.45, 7) is 6.31. The van der Waals surface area contributed by atoms with E-state index in [-0.39, 0.29) is 12.3 Å². The van der Waals surface area contributed by atoms with E-state index in [1.54, 1.807) is 6.92 Å². The van der Waals surface area contributed by atoms with E-state index in [0.717, 1.165) is 31.7 Å². The monoisotopic (exact) mass is 359 g/mol. The predicted molar refractivity (Wildman–Crippen MR) is 96.2 cm³/mol. The summed E-state index contributed by atoms with van der Waals surface area (Å²) in [5, 5.41) is 4.43. The van der Waals surface area contributed by atoms with Gasteiger partial charge in [-0.1, -0.05) is 11.6 Å². The molecule has 0 spiro atoms. The minimum atomic E-state index is -0.495. The Hall–Kier alpha value is -2.22. The van der Waals surface area contributed by atoms with Crippen molar-refractivity contribution in [1.29, 1.82) is 0 Å². The van der Waals surface area contributed by atoms with Crippen LogP contribution in [0, 0.1) is 0 Å². The fourth-order valence-corrected chi connectivity index (χ4v) is 4.08. The number of fused-ring (bicyclic) bond motifs is 1. The van der Waals surface area contributed by atoms with Gasteiger partial charge < -0.3 is 19.1 Å². The average molecular weight is 359 g/mol. The number of ether oxygens (including phenoxy) is 1. The largest absolute Gasteiger partial charge is 0.461 e. The first-order valence-electron chi connectivity index (χ1n) is 9.54. The molecule has 8 heteroatoms. The summed E-state index contributed by atoms with van der Waals surface area (Å²) in [7, 11) is 0. The number of hydrogen-bond acceptors (Lipinski definition) is 8. The van der Waals surface area contributed by atoms with Gasteiger partial charge in [0.1, 0.15) is 17.5 Å². The van der Waals surface area contributed by atoms with E-state index in [2.05, 4.69) is 24.9 Å².